The summed E-state index contributed by atoms with van der Waals surface area (Å²) in [7, 11) is 0. The molecule has 0 amide bonds. The van der Waals surface area contributed by atoms with Crippen LogP contribution in [0.2, 0.25) is 0 Å². The van der Waals surface area contributed by atoms with Crippen molar-refractivity contribution in [2.75, 3.05) is 0 Å². The topological polar surface area (TPSA) is 36.9 Å². The molecular weight excluding hydrogens is 848 g/mol. The molecule has 4 nitrogen and oxygen atoms in total. The van der Waals surface area contributed by atoms with Gasteiger partial charge < -0.3 is 0 Å². The molecule has 335 valence electrons. The molecule has 8 rings (SSSR count). The average Bonchev–Trinajstić information content (AvgIpc) is 3.33. The monoisotopic (exact) mass is 907 g/mol. The molecule has 0 saturated carbocycles. The Kier molecular flexibility index (Phi) is 12.8. The third-order valence-electron chi connectivity index (χ3n) is 12.9. The van der Waals surface area contributed by atoms with E-state index in [1.54, 1.807) is 0 Å². The zero-order valence-electron chi connectivity index (χ0n) is 38.7. The van der Waals surface area contributed by atoms with Gasteiger partial charge in [0.2, 0.25) is 0 Å². The molecular formula is C60H60CuO4. The molecule has 0 aliphatic carbocycles. The minimum absolute atomic E-state index is 0.243. The van der Waals surface area contributed by atoms with Crippen LogP contribution in [0, 0.1) is 0 Å². The van der Waals surface area contributed by atoms with Gasteiger partial charge >= 0.3 is 392 Å². The van der Waals surface area contributed by atoms with E-state index in [0.29, 0.717) is 23.0 Å². The van der Waals surface area contributed by atoms with Crippen LogP contribution in [0.5, 0.6) is 23.0 Å². The first-order valence-electron chi connectivity index (χ1n) is 22.2. The fourth-order valence-electron chi connectivity index (χ4n) is 8.16. The molecule has 0 aliphatic heterocycles. The molecule has 8 aromatic rings. The number of hydrogen-bond donors (Lipinski definition) is 0. The van der Waals surface area contributed by atoms with Crippen LogP contribution >= 0.6 is 0 Å². The number of rotatable bonds is 16. The van der Waals surface area contributed by atoms with Crippen molar-refractivity contribution in [1.82, 2.24) is 0 Å². The molecule has 0 spiro atoms. The first-order valence-corrected chi connectivity index (χ1v) is 23.8. The molecule has 0 atom stereocenters. The second-order valence-corrected chi connectivity index (χ2v) is 20.3. The number of benzene rings is 8. The van der Waals surface area contributed by atoms with E-state index >= 15 is 0 Å². The molecule has 0 radical (unpaired) electrons. The Balaban J connectivity index is 1.20. The van der Waals surface area contributed by atoms with E-state index in [1.807, 2.05) is 72.8 Å². The van der Waals surface area contributed by atoms with Crippen molar-refractivity contribution in [2.24, 2.45) is 0 Å². The van der Waals surface area contributed by atoms with Gasteiger partial charge in [-0.3, -0.25) is 0 Å². The van der Waals surface area contributed by atoms with Gasteiger partial charge in [-0.2, -0.15) is 0 Å². The SMILES string of the molecule is CC(C)(c1ccccc1)c1ccc([O][Cu]([O]c2ccc(C(C)(C)c3ccccc3)cc2)([O]c2ccc(C(C)(C)c3ccccc3)cc2)[O]c2ccc(C(C)(C)c3ccccc3)cc2)cc1. The third kappa shape index (κ3) is 9.93. The van der Waals surface area contributed by atoms with Crippen LogP contribution in [0.25, 0.3) is 0 Å². The molecule has 8 aromatic carbocycles. The average molecular weight is 909 g/mol. The van der Waals surface area contributed by atoms with Crippen molar-refractivity contribution < 1.29 is 29.4 Å². The quantitative estimate of drug-likeness (QED) is 0.0905. The molecule has 0 fully saturated rings. The Morgan fingerprint density at radius 3 is 0.538 bits per heavy atom. The Hall–Kier alpha value is -6.52. The molecule has 0 N–H and O–H groups in total. The normalized spacial score (nSPS) is 12.6. The van der Waals surface area contributed by atoms with Crippen molar-refractivity contribution in [1.29, 1.82) is 0 Å². The van der Waals surface area contributed by atoms with Gasteiger partial charge in [-0.1, -0.05) is 0 Å². The third-order valence-corrected chi connectivity index (χ3v) is 14.7. The van der Waals surface area contributed by atoms with E-state index in [0.717, 1.165) is 22.3 Å². The summed E-state index contributed by atoms with van der Waals surface area (Å²) in [5, 5.41) is 0. The van der Waals surface area contributed by atoms with Gasteiger partial charge in [0.1, 0.15) is 0 Å². The van der Waals surface area contributed by atoms with Crippen molar-refractivity contribution in [3.05, 3.63) is 263 Å². The van der Waals surface area contributed by atoms with Crippen LogP contribution in [0.4, 0.5) is 0 Å². The molecule has 0 bridgehead atoms. The molecule has 5 heteroatoms. The van der Waals surface area contributed by atoms with Gasteiger partial charge in [0.05, 0.1) is 0 Å². The predicted molar refractivity (Wildman–Crippen MR) is 263 cm³/mol. The first-order chi connectivity index (χ1) is 31.2. The van der Waals surface area contributed by atoms with Crippen LogP contribution in [0.15, 0.2) is 218 Å². The summed E-state index contributed by atoms with van der Waals surface area (Å²) in [5.41, 5.74) is 8.48. The van der Waals surface area contributed by atoms with Crippen LogP contribution in [-0.4, -0.2) is 0 Å². The van der Waals surface area contributed by atoms with Crippen LogP contribution in [0.1, 0.15) is 99.9 Å². The second kappa shape index (κ2) is 18.5. The van der Waals surface area contributed by atoms with E-state index in [2.05, 4.69) is 201 Å². The fourth-order valence-corrected chi connectivity index (χ4v) is 10.00. The van der Waals surface area contributed by atoms with Crippen molar-refractivity contribution in [2.45, 2.75) is 77.0 Å². The van der Waals surface area contributed by atoms with Crippen molar-refractivity contribution in [3.8, 4) is 23.0 Å². The summed E-state index contributed by atoms with van der Waals surface area (Å²) in [6, 6.07) is 74.8. The van der Waals surface area contributed by atoms with Gasteiger partial charge in [-0.05, 0) is 0 Å². The maximum absolute atomic E-state index is 7.00. The fraction of sp³-hybridized carbons (Fsp3) is 0.200. The van der Waals surface area contributed by atoms with Gasteiger partial charge in [-0.15, -0.1) is 0 Å². The zero-order valence-corrected chi connectivity index (χ0v) is 39.7. The molecule has 0 unspecified atom stereocenters. The van der Waals surface area contributed by atoms with Gasteiger partial charge in [-0.25, -0.2) is 0 Å². The second-order valence-electron chi connectivity index (χ2n) is 18.6. The zero-order chi connectivity index (χ0) is 45.7. The van der Waals surface area contributed by atoms with Gasteiger partial charge in [0.25, 0.3) is 0 Å². The Morgan fingerprint density at radius 2 is 0.369 bits per heavy atom. The van der Waals surface area contributed by atoms with Crippen molar-refractivity contribution in [3.63, 3.8) is 0 Å². The molecule has 0 aromatic heterocycles. The van der Waals surface area contributed by atoms with Gasteiger partial charge in [0, 0.05) is 0 Å². The summed E-state index contributed by atoms with van der Waals surface area (Å²) in [4.78, 5) is 0. The van der Waals surface area contributed by atoms with Crippen molar-refractivity contribution >= 4 is 0 Å². The number of hydrogen-bond acceptors (Lipinski definition) is 4. The van der Waals surface area contributed by atoms with E-state index in [4.69, 9.17) is 15.3 Å². The standard InChI is InChI=1S/4C15H16O.Cu/c4*1-15(2,12-6-4-3-5-7-12)13-8-10-14(16)11-9-13;/h4*3-11,16H,1-2H3;/q;;;;+4/p-4. The van der Waals surface area contributed by atoms with Gasteiger partial charge in [0.15, 0.2) is 0 Å². The Labute approximate surface area is 390 Å². The summed E-state index contributed by atoms with van der Waals surface area (Å²) < 4.78 is 28.0. The summed E-state index contributed by atoms with van der Waals surface area (Å²) >= 11 is -3.33. The molecule has 0 saturated heterocycles. The molecule has 0 heterocycles. The van der Waals surface area contributed by atoms with Crippen LogP contribution in [-0.2, 0) is 35.8 Å². The summed E-state index contributed by atoms with van der Waals surface area (Å²) in [6.45, 7) is 17.9. The molecule has 65 heavy (non-hydrogen) atoms. The van der Waals surface area contributed by atoms with Crippen LogP contribution < -0.4 is 15.3 Å². The van der Waals surface area contributed by atoms with E-state index in [-0.39, 0.29) is 21.7 Å². The predicted octanol–water partition coefficient (Wildman–Crippen LogP) is 15.4. The van der Waals surface area contributed by atoms with E-state index in [1.165, 1.54) is 22.3 Å². The summed E-state index contributed by atoms with van der Waals surface area (Å²) in [6.07, 6.45) is 0. The Morgan fingerprint density at radius 1 is 0.215 bits per heavy atom. The first kappa shape index (κ1) is 45.1. The van der Waals surface area contributed by atoms with E-state index < -0.39 is 14.2 Å². The van der Waals surface area contributed by atoms with E-state index in [9.17, 15) is 0 Å². The molecule has 0 aliphatic rings. The van der Waals surface area contributed by atoms with Crippen LogP contribution in [0.3, 0.4) is 0 Å². The maximum atomic E-state index is 7.00. The Bertz CT molecular complexity index is 2350. The summed E-state index contributed by atoms with van der Waals surface area (Å²) in [5.74, 6) is 2.15. The minimum atomic E-state index is -3.33.